The Morgan fingerprint density at radius 2 is 2.10 bits per heavy atom. The average Bonchev–Trinajstić information content (AvgIpc) is 3.00. The first-order valence-corrected chi connectivity index (χ1v) is 7.58. The predicted octanol–water partition coefficient (Wildman–Crippen LogP) is 3.05. The monoisotopic (exact) mass is 303 g/mol. The second-order valence-electron chi connectivity index (χ2n) is 5.09. The third-order valence-corrected chi connectivity index (χ3v) is 3.96. The fourth-order valence-electron chi connectivity index (χ4n) is 2.59. The smallest absolute Gasteiger partial charge is 0.159 e. The van der Waals surface area contributed by atoms with Gasteiger partial charge in [-0.15, -0.1) is 11.6 Å². The Labute approximate surface area is 128 Å². The topological polar surface area (TPSA) is 48.5 Å². The standard InChI is InChI=1S/C15H18ClN5/c1-4-21-15-14(11(3)19-21)18-13(8-16)20(15)9-12-10(2)6-5-7-17-12/h5-7H,4,8-9H2,1-3H3. The Bertz CT molecular complexity index is 787. The molecular weight excluding hydrogens is 286 g/mol. The van der Waals surface area contributed by atoms with E-state index in [0.29, 0.717) is 12.4 Å². The highest BCUT2D eigenvalue weighted by molar-refractivity contribution is 6.16. The molecule has 0 aromatic carbocycles. The highest BCUT2D eigenvalue weighted by Gasteiger charge is 2.18. The van der Waals surface area contributed by atoms with Crippen LogP contribution < -0.4 is 0 Å². The maximum atomic E-state index is 6.08. The highest BCUT2D eigenvalue weighted by Crippen LogP contribution is 2.22. The van der Waals surface area contributed by atoms with Crippen molar-refractivity contribution >= 4 is 22.8 Å². The summed E-state index contributed by atoms with van der Waals surface area (Å²) >= 11 is 6.08. The van der Waals surface area contributed by atoms with E-state index in [1.54, 1.807) is 0 Å². The van der Waals surface area contributed by atoms with Crippen LogP contribution >= 0.6 is 11.6 Å². The Morgan fingerprint density at radius 1 is 1.29 bits per heavy atom. The van der Waals surface area contributed by atoms with Gasteiger partial charge in [-0.1, -0.05) is 6.07 Å². The van der Waals surface area contributed by atoms with Gasteiger partial charge in [0, 0.05) is 12.7 Å². The van der Waals surface area contributed by atoms with Crippen LogP contribution in [-0.2, 0) is 19.0 Å². The van der Waals surface area contributed by atoms with Gasteiger partial charge >= 0.3 is 0 Å². The first-order valence-electron chi connectivity index (χ1n) is 7.04. The molecular formula is C15H18ClN5. The molecule has 0 bridgehead atoms. The van der Waals surface area contributed by atoms with Gasteiger partial charge in [0.05, 0.1) is 23.8 Å². The van der Waals surface area contributed by atoms with Crippen molar-refractivity contribution in [3.63, 3.8) is 0 Å². The van der Waals surface area contributed by atoms with Gasteiger partial charge in [0.15, 0.2) is 5.65 Å². The third kappa shape index (κ3) is 2.31. The second-order valence-corrected chi connectivity index (χ2v) is 5.36. The summed E-state index contributed by atoms with van der Waals surface area (Å²) in [4.78, 5) is 9.12. The average molecular weight is 304 g/mol. The molecule has 3 aromatic heterocycles. The van der Waals surface area contributed by atoms with E-state index in [1.807, 2.05) is 23.9 Å². The molecule has 0 saturated heterocycles. The molecule has 0 aliphatic heterocycles. The van der Waals surface area contributed by atoms with Crippen LogP contribution in [0.4, 0.5) is 0 Å². The van der Waals surface area contributed by atoms with Crippen LogP contribution in [-0.4, -0.2) is 24.3 Å². The number of aryl methyl sites for hydroxylation is 3. The van der Waals surface area contributed by atoms with Gasteiger partial charge in [-0.3, -0.25) is 4.98 Å². The van der Waals surface area contributed by atoms with E-state index in [4.69, 9.17) is 11.6 Å². The number of aromatic nitrogens is 5. The number of pyridine rings is 1. The van der Waals surface area contributed by atoms with E-state index >= 15 is 0 Å². The number of nitrogens with zero attached hydrogens (tertiary/aromatic N) is 5. The summed E-state index contributed by atoms with van der Waals surface area (Å²) in [6.07, 6.45) is 1.82. The lowest BCUT2D eigenvalue weighted by molar-refractivity contribution is 0.635. The van der Waals surface area contributed by atoms with Crippen molar-refractivity contribution in [2.75, 3.05) is 0 Å². The number of hydrogen-bond acceptors (Lipinski definition) is 3. The molecule has 0 radical (unpaired) electrons. The van der Waals surface area contributed by atoms with Gasteiger partial charge in [-0.25, -0.2) is 9.67 Å². The molecule has 0 unspecified atom stereocenters. The van der Waals surface area contributed by atoms with Gasteiger partial charge in [-0.05, 0) is 32.4 Å². The van der Waals surface area contributed by atoms with E-state index in [1.165, 1.54) is 5.56 Å². The minimum absolute atomic E-state index is 0.379. The van der Waals surface area contributed by atoms with Crippen molar-refractivity contribution in [2.24, 2.45) is 0 Å². The van der Waals surface area contributed by atoms with Crippen LogP contribution in [0.3, 0.4) is 0 Å². The van der Waals surface area contributed by atoms with E-state index in [0.717, 1.165) is 34.9 Å². The first-order chi connectivity index (χ1) is 10.2. The minimum atomic E-state index is 0.379. The molecule has 0 amide bonds. The second kappa shape index (κ2) is 5.48. The fourth-order valence-corrected chi connectivity index (χ4v) is 2.80. The first kappa shape index (κ1) is 14.1. The number of rotatable bonds is 4. The van der Waals surface area contributed by atoms with Gasteiger partial charge in [-0.2, -0.15) is 5.10 Å². The van der Waals surface area contributed by atoms with Crippen molar-refractivity contribution < 1.29 is 0 Å². The largest absolute Gasteiger partial charge is 0.306 e. The van der Waals surface area contributed by atoms with Crippen molar-refractivity contribution in [3.8, 4) is 0 Å². The van der Waals surface area contributed by atoms with Crippen molar-refractivity contribution in [2.45, 2.75) is 39.7 Å². The zero-order chi connectivity index (χ0) is 15.0. The lowest BCUT2D eigenvalue weighted by Crippen LogP contribution is -2.10. The lowest BCUT2D eigenvalue weighted by atomic mass is 10.2. The SMILES string of the molecule is CCn1nc(C)c2nc(CCl)n(Cc3ncccc3C)c21. The maximum absolute atomic E-state index is 6.08. The van der Waals surface area contributed by atoms with Crippen molar-refractivity contribution in [1.82, 2.24) is 24.3 Å². The molecule has 0 aliphatic rings. The van der Waals surface area contributed by atoms with E-state index < -0.39 is 0 Å². The van der Waals surface area contributed by atoms with Crippen LogP contribution in [0.15, 0.2) is 18.3 Å². The van der Waals surface area contributed by atoms with Gasteiger partial charge in [0.25, 0.3) is 0 Å². The summed E-state index contributed by atoms with van der Waals surface area (Å²) in [5.74, 6) is 1.24. The third-order valence-electron chi connectivity index (χ3n) is 3.72. The van der Waals surface area contributed by atoms with Gasteiger partial charge in [0.1, 0.15) is 11.3 Å². The van der Waals surface area contributed by atoms with Crippen LogP contribution in [0.2, 0.25) is 0 Å². The fraction of sp³-hybridized carbons (Fsp3) is 0.400. The normalized spacial score (nSPS) is 11.4. The molecule has 3 rings (SSSR count). The summed E-state index contributed by atoms with van der Waals surface area (Å²) in [5, 5.41) is 4.54. The summed E-state index contributed by atoms with van der Waals surface area (Å²) in [5.41, 5.74) is 5.09. The van der Waals surface area contributed by atoms with Crippen LogP contribution in [0.1, 0.15) is 29.7 Å². The predicted molar refractivity (Wildman–Crippen MR) is 83.6 cm³/mol. The Hall–Kier alpha value is -1.88. The number of halogens is 1. The molecule has 0 saturated carbocycles. The van der Waals surface area contributed by atoms with E-state index in [2.05, 4.69) is 39.5 Å². The molecule has 0 spiro atoms. The quantitative estimate of drug-likeness (QED) is 0.696. The summed E-state index contributed by atoms with van der Waals surface area (Å²) < 4.78 is 4.10. The molecule has 0 atom stereocenters. The highest BCUT2D eigenvalue weighted by atomic mass is 35.5. The van der Waals surface area contributed by atoms with Crippen LogP contribution in [0, 0.1) is 13.8 Å². The molecule has 6 heteroatoms. The molecule has 21 heavy (non-hydrogen) atoms. The molecule has 5 nitrogen and oxygen atoms in total. The number of fused-ring (bicyclic) bond motifs is 1. The molecule has 3 aromatic rings. The summed E-state index contributed by atoms with van der Waals surface area (Å²) in [6, 6.07) is 4.02. The maximum Gasteiger partial charge on any atom is 0.159 e. The zero-order valence-corrected chi connectivity index (χ0v) is 13.2. The summed E-state index contributed by atoms with van der Waals surface area (Å²) in [7, 11) is 0. The van der Waals surface area contributed by atoms with Crippen molar-refractivity contribution in [3.05, 3.63) is 41.1 Å². The Morgan fingerprint density at radius 3 is 2.76 bits per heavy atom. The van der Waals surface area contributed by atoms with Crippen LogP contribution in [0.5, 0.6) is 0 Å². The van der Waals surface area contributed by atoms with E-state index in [-0.39, 0.29) is 0 Å². The van der Waals surface area contributed by atoms with Crippen LogP contribution in [0.25, 0.3) is 11.2 Å². The molecule has 110 valence electrons. The molecule has 0 fully saturated rings. The Balaban J connectivity index is 2.18. The van der Waals surface area contributed by atoms with Crippen molar-refractivity contribution in [1.29, 1.82) is 0 Å². The number of alkyl halides is 1. The van der Waals surface area contributed by atoms with Gasteiger partial charge in [0.2, 0.25) is 0 Å². The molecule has 0 N–H and O–H groups in total. The summed E-state index contributed by atoms with van der Waals surface area (Å²) in [6.45, 7) is 7.60. The Kier molecular flexibility index (Phi) is 3.68. The number of hydrogen-bond donors (Lipinski definition) is 0. The zero-order valence-electron chi connectivity index (χ0n) is 12.5. The van der Waals surface area contributed by atoms with E-state index in [9.17, 15) is 0 Å². The minimum Gasteiger partial charge on any atom is -0.306 e. The lowest BCUT2D eigenvalue weighted by Gasteiger charge is -2.10. The molecule has 3 heterocycles. The number of imidazole rings is 1. The van der Waals surface area contributed by atoms with Gasteiger partial charge < -0.3 is 4.57 Å². The molecule has 0 aliphatic carbocycles.